The number of benzene rings is 3. The maximum absolute atomic E-state index is 13.6. The molecule has 142 valence electrons. The molecule has 1 amide bonds. The largest absolute Gasteiger partial charge is 0.339 e. The van der Waals surface area contributed by atoms with Crippen LogP contribution in [0.3, 0.4) is 0 Å². The van der Waals surface area contributed by atoms with Gasteiger partial charge in [-0.2, -0.15) is 0 Å². The number of fused-ring (bicyclic) bond motifs is 2. The minimum Gasteiger partial charge on any atom is -0.339 e. The first-order chi connectivity index (χ1) is 13.7. The zero-order valence-electron chi connectivity index (χ0n) is 15.9. The molecule has 0 fully saturated rings. The molecule has 0 saturated carbocycles. The van der Waals surface area contributed by atoms with E-state index in [1.165, 1.54) is 0 Å². The summed E-state index contributed by atoms with van der Waals surface area (Å²) in [5, 5.41) is 0.641. The van der Waals surface area contributed by atoms with Crippen LogP contribution >= 0.6 is 11.6 Å². The van der Waals surface area contributed by atoms with E-state index in [0.717, 1.165) is 42.0 Å². The highest BCUT2D eigenvalue weighted by Crippen LogP contribution is 2.42. The summed E-state index contributed by atoms with van der Waals surface area (Å²) in [6.45, 7) is 3.54. The third-order valence-corrected chi connectivity index (χ3v) is 5.34. The summed E-state index contributed by atoms with van der Waals surface area (Å²) in [6.07, 6.45) is 2.11. The van der Waals surface area contributed by atoms with Crippen LogP contribution in [0.5, 0.6) is 0 Å². The van der Waals surface area contributed by atoms with E-state index in [0.29, 0.717) is 17.1 Å². The Bertz CT molecular complexity index is 987. The molecule has 0 aromatic heterocycles. The van der Waals surface area contributed by atoms with Crippen LogP contribution in [0.15, 0.2) is 72.8 Å². The van der Waals surface area contributed by atoms with Crippen molar-refractivity contribution in [3.8, 4) is 0 Å². The molecule has 4 rings (SSSR count). The van der Waals surface area contributed by atoms with E-state index < -0.39 is 0 Å². The number of carbonyl (C=O) groups is 1. The van der Waals surface area contributed by atoms with Gasteiger partial charge in [-0.1, -0.05) is 67.4 Å². The number of unbranched alkanes of at least 4 members (excludes halogenated alkanes) is 1. The number of carbonyl (C=O) groups excluding carboxylic acids is 1. The second-order valence-corrected chi connectivity index (χ2v) is 7.47. The molecule has 3 nitrogen and oxygen atoms in total. The molecule has 0 N–H and O–H groups in total. The first-order valence-electron chi connectivity index (χ1n) is 9.71. The molecule has 0 spiro atoms. The van der Waals surface area contributed by atoms with E-state index in [4.69, 9.17) is 11.6 Å². The van der Waals surface area contributed by atoms with E-state index >= 15 is 0 Å². The van der Waals surface area contributed by atoms with Crippen molar-refractivity contribution in [3.63, 3.8) is 0 Å². The molecule has 0 saturated heterocycles. The van der Waals surface area contributed by atoms with Crippen molar-refractivity contribution in [1.29, 1.82) is 0 Å². The third kappa shape index (κ3) is 3.50. The first-order valence-corrected chi connectivity index (χ1v) is 10.1. The second-order valence-electron chi connectivity index (χ2n) is 7.03. The normalized spacial score (nSPS) is 13.1. The Morgan fingerprint density at radius 2 is 1.50 bits per heavy atom. The van der Waals surface area contributed by atoms with E-state index in [-0.39, 0.29) is 5.91 Å². The van der Waals surface area contributed by atoms with E-state index in [1.807, 2.05) is 53.4 Å². The monoisotopic (exact) mass is 390 g/mol. The number of rotatable bonds is 5. The van der Waals surface area contributed by atoms with Crippen LogP contribution in [0.2, 0.25) is 5.02 Å². The number of hydrogen-bond donors (Lipinski definition) is 0. The minimum atomic E-state index is 0.00182. The van der Waals surface area contributed by atoms with Crippen LogP contribution in [0.4, 0.5) is 17.1 Å². The summed E-state index contributed by atoms with van der Waals surface area (Å²) >= 11 is 6.32. The number of para-hydroxylation sites is 2. The highest BCUT2D eigenvalue weighted by Gasteiger charge is 2.30. The first kappa shape index (κ1) is 18.6. The Morgan fingerprint density at radius 3 is 2.21 bits per heavy atom. The lowest BCUT2D eigenvalue weighted by atomic mass is 10.1. The molecule has 1 heterocycles. The summed E-state index contributed by atoms with van der Waals surface area (Å²) in [5.41, 5.74) is 4.64. The highest BCUT2D eigenvalue weighted by molar-refractivity contribution is 6.31. The van der Waals surface area contributed by atoms with Gasteiger partial charge >= 0.3 is 0 Å². The summed E-state index contributed by atoms with van der Waals surface area (Å²) in [5.74, 6) is 0.00182. The Kier molecular flexibility index (Phi) is 5.36. The quantitative estimate of drug-likeness (QED) is 0.500. The van der Waals surface area contributed by atoms with E-state index in [1.54, 1.807) is 6.07 Å². The Labute approximate surface area is 171 Å². The van der Waals surface area contributed by atoms with Gasteiger partial charge in [0.1, 0.15) is 0 Å². The highest BCUT2D eigenvalue weighted by atomic mass is 35.5. The summed E-state index contributed by atoms with van der Waals surface area (Å²) in [4.78, 5) is 17.7. The summed E-state index contributed by atoms with van der Waals surface area (Å²) in [7, 11) is 0. The second kappa shape index (κ2) is 8.07. The Balaban J connectivity index is 1.88. The van der Waals surface area contributed by atoms with Gasteiger partial charge in [-0.3, -0.25) is 4.79 Å². The van der Waals surface area contributed by atoms with Crippen LogP contribution in [0.25, 0.3) is 0 Å². The van der Waals surface area contributed by atoms with Crippen molar-refractivity contribution < 1.29 is 4.79 Å². The standard InChI is InChI=1S/C24H23ClN2O/c1-2-3-15-26-21-11-7-8-12-22(21)27(17-18-9-5-4-6-10-18)24(28)20-14-13-19(25)16-23(20)26/h4-14,16H,2-3,15,17H2,1H3. The van der Waals surface area contributed by atoms with Gasteiger partial charge in [-0.15, -0.1) is 0 Å². The van der Waals surface area contributed by atoms with E-state index in [9.17, 15) is 4.79 Å². The number of nitrogens with zero attached hydrogens (tertiary/aromatic N) is 2. The predicted octanol–water partition coefficient (Wildman–Crippen LogP) is 6.44. The molecular weight excluding hydrogens is 368 g/mol. The maximum Gasteiger partial charge on any atom is 0.260 e. The number of hydrogen-bond acceptors (Lipinski definition) is 2. The molecule has 1 aliphatic rings. The van der Waals surface area contributed by atoms with Gasteiger partial charge in [0.15, 0.2) is 0 Å². The molecule has 4 heteroatoms. The topological polar surface area (TPSA) is 23.6 Å². The Hall–Kier alpha value is -2.78. The smallest absolute Gasteiger partial charge is 0.260 e. The lowest BCUT2D eigenvalue weighted by molar-refractivity contribution is 0.0986. The van der Waals surface area contributed by atoms with Crippen LogP contribution in [-0.2, 0) is 6.54 Å². The molecule has 3 aromatic carbocycles. The molecule has 0 atom stereocenters. The van der Waals surface area contributed by atoms with Crippen molar-refractivity contribution in [3.05, 3.63) is 88.9 Å². The zero-order valence-corrected chi connectivity index (χ0v) is 16.7. The average molecular weight is 391 g/mol. The van der Waals surface area contributed by atoms with E-state index in [2.05, 4.69) is 30.0 Å². The fraction of sp³-hybridized carbons (Fsp3) is 0.208. The average Bonchev–Trinajstić information content (AvgIpc) is 2.81. The lowest BCUT2D eigenvalue weighted by Crippen LogP contribution is -2.29. The van der Waals surface area contributed by atoms with Crippen molar-refractivity contribution >= 4 is 34.6 Å². The Morgan fingerprint density at radius 1 is 0.821 bits per heavy atom. The number of amides is 1. The van der Waals surface area contributed by atoms with Crippen LogP contribution < -0.4 is 9.80 Å². The molecule has 0 unspecified atom stereocenters. The van der Waals surface area contributed by atoms with Crippen LogP contribution in [0.1, 0.15) is 35.7 Å². The number of halogens is 1. The lowest BCUT2D eigenvalue weighted by Gasteiger charge is -2.27. The van der Waals surface area contributed by atoms with Crippen molar-refractivity contribution in [2.24, 2.45) is 0 Å². The van der Waals surface area contributed by atoms with Crippen molar-refractivity contribution in [2.75, 3.05) is 16.3 Å². The van der Waals surface area contributed by atoms with Gasteiger partial charge in [0.25, 0.3) is 5.91 Å². The van der Waals surface area contributed by atoms with Crippen LogP contribution in [0, 0.1) is 0 Å². The molecule has 0 radical (unpaired) electrons. The fourth-order valence-electron chi connectivity index (χ4n) is 3.69. The SMILES string of the molecule is CCCCN1c2cc(Cl)ccc2C(=O)N(Cc2ccccc2)c2ccccc21. The molecule has 3 aromatic rings. The molecular formula is C24H23ClN2O. The van der Waals surface area contributed by atoms with Gasteiger partial charge in [-0.05, 0) is 42.3 Å². The third-order valence-electron chi connectivity index (χ3n) is 5.11. The minimum absolute atomic E-state index is 0.00182. The van der Waals surface area contributed by atoms with Gasteiger partial charge in [0.05, 0.1) is 29.2 Å². The summed E-state index contributed by atoms with van der Waals surface area (Å²) in [6, 6.07) is 23.8. The van der Waals surface area contributed by atoms with Gasteiger partial charge in [0.2, 0.25) is 0 Å². The maximum atomic E-state index is 13.6. The molecule has 28 heavy (non-hydrogen) atoms. The zero-order chi connectivity index (χ0) is 19.5. The van der Waals surface area contributed by atoms with Gasteiger partial charge < -0.3 is 9.80 Å². The molecule has 0 aliphatic carbocycles. The van der Waals surface area contributed by atoms with Crippen LogP contribution in [-0.4, -0.2) is 12.5 Å². The number of anilines is 3. The predicted molar refractivity (Wildman–Crippen MR) is 117 cm³/mol. The molecule has 1 aliphatic heterocycles. The summed E-state index contributed by atoms with van der Waals surface area (Å²) < 4.78 is 0. The molecule has 0 bridgehead atoms. The van der Waals surface area contributed by atoms with Gasteiger partial charge in [0, 0.05) is 11.6 Å². The van der Waals surface area contributed by atoms with Crippen molar-refractivity contribution in [2.45, 2.75) is 26.3 Å². The van der Waals surface area contributed by atoms with Gasteiger partial charge in [-0.25, -0.2) is 0 Å². The van der Waals surface area contributed by atoms with Crippen molar-refractivity contribution in [1.82, 2.24) is 0 Å². The fourth-order valence-corrected chi connectivity index (χ4v) is 3.86.